The molecule has 1 aromatic heterocycles. The van der Waals surface area contributed by atoms with E-state index in [0.717, 1.165) is 107 Å². The zero-order valence-electron chi connectivity index (χ0n) is 33.3. The number of fused-ring (bicyclic) bond motifs is 5. The van der Waals surface area contributed by atoms with Crippen LogP contribution in [0.1, 0.15) is 138 Å². The Morgan fingerprint density at radius 3 is 2.41 bits per heavy atom. The molecule has 8 rings (SSSR count). The summed E-state index contributed by atoms with van der Waals surface area (Å²) in [7, 11) is 0. The summed E-state index contributed by atoms with van der Waals surface area (Å²) in [6, 6.07) is 14.1. The quantitative estimate of drug-likeness (QED) is 0.0857. The molecule has 3 aliphatic heterocycles. The molecule has 3 aromatic carbocycles. The van der Waals surface area contributed by atoms with Gasteiger partial charge in [-0.1, -0.05) is 57.9 Å². The van der Waals surface area contributed by atoms with Gasteiger partial charge in [0, 0.05) is 65.2 Å². The Morgan fingerprint density at radius 1 is 0.897 bits per heavy atom. The van der Waals surface area contributed by atoms with Crippen LogP contribution in [-0.2, 0) is 32.6 Å². The smallest absolute Gasteiger partial charge is 0.262 e. The van der Waals surface area contributed by atoms with Crippen LogP contribution in [0.4, 0.5) is 11.4 Å². The predicted molar refractivity (Wildman–Crippen MR) is 219 cm³/mol. The monoisotopic (exact) mass is 780 g/mol. The highest BCUT2D eigenvalue weighted by molar-refractivity contribution is 6.24. The van der Waals surface area contributed by atoms with Crippen molar-refractivity contribution in [2.75, 3.05) is 18.0 Å². The Balaban J connectivity index is 0.819. The number of carbonyl (C=O) groups excluding carboxylic acids is 6. The van der Waals surface area contributed by atoms with Gasteiger partial charge in [-0.05, 0) is 85.9 Å². The summed E-state index contributed by atoms with van der Waals surface area (Å²) >= 11 is 0. The van der Waals surface area contributed by atoms with Gasteiger partial charge in [0.05, 0.1) is 23.3 Å². The molecule has 1 aliphatic carbocycles. The van der Waals surface area contributed by atoms with Crippen molar-refractivity contribution >= 4 is 57.6 Å². The average molecular weight is 781 g/mol. The highest BCUT2D eigenvalue weighted by atomic mass is 16.2. The molecular formula is C46H48N6O6. The predicted octanol–water partition coefficient (Wildman–Crippen LogP) is 6.83. The standard InChI is InChI=1S/C46H48N6O6/c1-5-26-23-32-33(46(2,3)42-40(41(32)55)30-16-15-29(47-4)24-34(30)49-42)25-36(26)51-21-19-28(20-22-51)48-37(53)14-9-7-6-8-11-27-12-10-13-31-39(27)45(58)52(44(31)57)35-17-18-38(54)50-43(35)56/h10,12-13,15-16,23-25,28,35,49H,5-9,11,14,17-22H2,1-3H3,(H,48,53)(H,50,54,56). The lowest BCUT2D eigenvalue weighted by atomic mass is 9.70. The van der Waals surface area contributed by atoms with E-state index in [4.69, 9.17) is 6.57 Å². The molecule has 4 aromatic rings. The number of carbonyl (C=O) groups is 6. The molecule has 2 saturated heterocycles. The maximum Gasteiger partial charge on any atom is 0.262 e. The molecule has 0 saturated carbocycles. The van der Waals surface area contributed by atoms with E-state index in [9.17, 15) is 28.8 Å². The third-order valence-electron chi connectivity index (χ3n) is 12.6. The van der Waals surface area contributed by atoms with Crippen LogP contribution >= 0.6 is 0 Å². The van der Waals surface area contributed by atoms with Crippen LogP contribution in [0.25, 0.3) is 15.7 Å². The number of piperidine rings is 2. The maximum absolute atomic E-state index is 14.1. The van der Waals surface area contributed by atoms with Gasteiger partial charge in [-0.3, -0.25) is 39.0 Å². The number of amides is 5. The number of hydrogen-bond donors (Lipinski definition) is 3. The first-order valence-corrected chi connectivity index (χ1v) is 20.5. The van der Waals surface area contributed by atoms with Gasteiger partial charge in [-0.25, -0.2) is 4.85 Å². The fourth-order valence-electron chi connectivity index (χ4n) is 9.46. The van der Waals surface area contributed by atoms with Crippen molar-refractivity contribution in [3.8, 4) is 0 Å². The van der Waals surface area contributed by atoms with Gasteiger partial charge < -0.3 is 15.2 Å². The topological polar surface area (TPSA) is 153 Å². The molecule has 0 radical (unpaired) electrons. The second-order valence-corrected chi connectivity index (χ2v) is 16.6. The van der Waals surface area contributed by atoms with E-state index in [1.54, 1.807) is 18.2 Å². The van der Waals surface area contributed by atoms with Gasteiger partial charge in [0.15, 0.2) is 11.5 Å². The van der Waals surface area contributed by atoms with E-state index in [0.29, 0.717) is 35.2 Å². The molecule has 0 spiro atoms. The van der Waals surface area contributed by atoms with E-state index >= 15 is 0 Å². The number of anilines is 1. The van der Waals surface area contributed by atoms with Gasteiger partial charge in [-0.15, -0.1) is 0 Å². The van der Waals surface area contributed by atoms with Crippen LogP contribution < -0.4 is 15.5 Å². The van der Waals surface area contributed by atoms with Crippen LogP contribution in [0, 0.1) is 6.57 Å². The van der Waals surface area contributed by atoms with Gasteiger partial charge in [-0.2, -0.15) is 0 Å². The molecule has 1 unspecified atom stereocenters. The van der Waals surface area contributed by atoms with Gasteiger partial charge >= 0.3 is 0 Å². The maximum atomic E-state index is 14.1. The first kappa shape index (κ1) is 38.8. The number of nitrogens with one attached hydrogen (secondary N) is 3. The molecule has 4 heterocycles. The van der Waals surface area contributed by atoms with Gasteiger partial charge in [0.25, 0.3) is 11.8 Å². The number of ketones is 1. The minimum absolute atomic E-state index is 0.0161. The second kappa shape index (κ2) is 15.3. The fourth-order valence-corrected chi connectivity index (χ4v) is 9.46. The summed E-state index contributed by atoms with van der Waals surface area (Å²) in [5.41, 5.74) is 7.90. The molecule has 1 atom stereocenters. The van der Waals surface area contributed by atoms with Crippen LogP contribution in [0.5, 0.6) is 0 Å². The van der Waals surface area contributed by atoms with Gasteiger partial charge in [0.1, 0.15) is 6.04 Å². The molecule has 298 valence electrons. The summed E-state index contributed by atoms with van der Waals surface area (Å²) < 4.78 is 0. The summed E-state index contributed by atoms with van der Waals surface area (Å²) in [6.45, 7) is 15.5. The zero-order valence-corrected chi connectivity index (χ0v) is 33.3. The van der Waals surface area contributed by atoms with Crippen molar-refractivity contribution in [2.45, 2.75) is 109 Å². The van der Waals surface area contributed by atoms with Crippen LogP contribution in [0.3, 0.4) is 0 Å². The molecule has 12 nitrogen and oxygen atoms in total. The third-order valence-corrected chi connectivity index (χ3v) is 12.6. The van der Waals surface area contributed by atoms with E-state index < -0.39 is 35.1 Å². The van der Waals surface area contributed by atoms with Crippen molar-refractivity contribution in [3.63, 3.8) is 0 Å². The van der Waals surface area contributed by atoms with Crippen molar-refractivity contribution in [3.05, 3.63) is 105 Å². The molecular weight excluding hydrogens is 733 g/mol. The number of rotatable bonds is 11. The zero-order chi connectivity index (χ0) is 40.9. The number of aryl methyl sites for hydroxylation is 2. The molecule has 3 N–H and O–H groups in total. The highest BCUT2D eigenvalue weighted by Gasteiger charge is 2.45. The van der Waals surface area contributed by atoms with E-state index in [1.807, 2.05) is 18.2 Å². The lowest BCUT2D eigenvalue weighted by Crippen LogP contribution is -2.54. The Morgan fingerprint density at radius 2 is 1.67 bits per heavy atom. The highest BCUT2D eigenvalue weighted by Crippen LogP contribution is 2.46. The number of aromatic nitrogens is 1. The fraction of sp³-hybridized carbons (Fsp3) is 0.413. The molecule has 58 heavy (non-hydrogen) atoms. The number of unbranched alkanes of at least 4 members (excludes halogenated alkanes) is 3. The van der Waals surface area contributed by atoms with Crippen molar-refractivity contribution in [2.24, 2.45) is 0 Å². The molecule has 4 aliphatic rings. The van der Waals surface area contributed by atoms with E-state index in [1.165, 1.54) is 0 Å². The largest absolute Gasteiger partial charge is 0.371 e. The first-order chi connectivity index (χ1) is 27.9. The summed E-state index contributed by atoms with van der Waals surface area (Å²) in [5.74, 6) is -1.93. The number of imide groups is 2. The van der Waals surface area contributed by atoms with Crippen LogP contribution in [0.2, 0.25) is 0 Å². The van der Waals surface area contributed by atoms with Crippen LogP contribution in [-0.4, -0.2) is 70.4 Å². The van der Waals surface area contributed by atoms with Crippen LogP contribution in [0.15, 0.2) is 48.5 Å². The molecule has 0 bridgehead atoms. The van der Waals surface area contributed by atoms with Crippen molar-refractivity contribution < 1.29 is 28.8 Å². The summed E-state index contributed by atoms with van der Waals surface area (Å²) in [6.07, 6.45) is 6.95. The van der Waals surface area contributed by atoms with Crippen molar-refractivity contribution in [1.82, 2.24) is 20.5 Å². The number of aromatic amines is 1. The number of benzene rings is 3. The third kappa shape index (κ3) is 6.76. The Bertz CT molecular complexity index is 2450. The lowest BCUT2D eigenvalue weighted by molar-refractivity contribution is -0.136. The number of H-pyrrole nitrogens is 1. The number of nitrogens with zero attached hydrogens (tertiary/aromatic N) is 3. The number of hydrogen-bond acceptors (Lipinski definition) is 7. The van der Waals surface area contributed by atoms with Crippen molar-refractivity contribution in [1.29, 1.82) is 0 Å². The molecule has 2 fully saturated rings. The van der Waals surface area contributed by atoms with Gasteiger partial charge in [0.2, 0.25) is 17.7 Å². The molecule has 5 amide bonds. The lowest BCUT2D eigenvalue weighted by Gasteiger charge is -2.38. The minimum atomic E-state index is -0.987. The Hall–Kier alpha value is -6.09. The second-order valence-electron chi connectivity index (χ2n) is 16.6. The average Bonchev–Trinajstić information content (AvgIpc) is 3.73. The van der Waals surface area contributed by atoms with E-state index in [-0.39, 0.29) is 30.6 Å². The first-order valence-electron chi connectivity index (χ1n) is 20.5. The molecule has 12 heteroatoms. The Labute approximate surface area is 337 Å². The van der Waals surface area contributed by atoms with E-state index in [2.05, 4.69) is 58.3 Å². The normalized spacial score (nSPS) is 18.9. The minimum Gasteiger partial charge on any atom is -0.371 e. The summed E-state index contributed by atoms with van der Waals surface area (Å²) in [4.78, 5) is 88.1. The summed E-state index contributed by atoms with van der Waals surface area (Å²) in [5, 5.41) is 6.34. The SMILES string of the molecule is [C-]#[N+]c1ccc2c3c([nH]c2c1)C(C)(C)c1cc(N2CCC(NC(=O)CCCCCCc4cccc5c4C(=O)N(C4CCC(=O)NC4=O)C5=O)CC2)c(CC)cc1C3=O. The Kier molecular flexibility index (Phi) is 10.3.